The van der Waals surface area contributed by atoms with Crippen molar-refractivity contribution in [1.29, 1.82) is 0 Å². The Labute approximate surface area is 124 Å². The average molecular weight is 309 g/mol. The standard InChI is InChI=1S/C13H9ClN2O5/c14-10-5-6-13(12(7-10)16(19)20)21-8-9-3-1-2-4-11(9)15(17)18/h1-7H,8H2. The van der Waals surface area contributed by atoms with E-state index in [0.29, 0.717) is 5.56 Å². The first kappa shape index (κ1) is 14.7. The van der Waals surface area contributed by atoms with Gasteiger partial charge < -0.3 is 4.74 Å². The van der Waals surface area contributed by atoms with Crippen molar-refractivity contribution in [1.82, 2.24) is 0 Å². The number of para-hydroxylation sites is 1. The largest absolute Gasteiger partial charge is 0.482 e. The van der Waals surface area contributed by atoms with Gasteiger partial charge in [-0.05, 0) is 18.2 Å². The van der Waals surface area contributed by atoms with Gasteiger partial charge in [0.2, 0.25) is 0 Å². The number of nitro groups is 2. The first-order valence-corrected chi connectivity index (χ1v) is 6.16. The van der Waals surface area contributed by atoms with Crippen LogP contribution in [0.2, 0.25) is 5.02 Å². The Bertz CT molecular complexity index is 705. The molecule has 0 aliphatic carbocycles. The van der Waals surface area contributed by atoms with Crippen molar-refractivity contribution in [3.8, 4) is 5.75 Å². The third-order valence-corrected chi connectivity index (χ3v) is 2.92. The summed E-state index contributed by atoms with van der Waals surface area (Å²) < 4.78 is 5.33. The SMILES string of the molecule is O=[N+]([O-])c1ccccc1COc1ccc(Cl)cc1[N+](=O)[O-]. The molecule has 8 heteroatoms. The lowest BCUT2D eigenvalue weighted by Crippen LogP contribution is -2.02. The molecule has 0 unspecified atom stereocenters. The molecule has 0 atom stereocenters. The van der Waals surface area contributed by atoms with Crippen LogP contribution in [0, 0.1) is 20.2 Å². The summed E-state index contributed by atoms with van der Waals surface area (Å²) >= 11 is 5.70. The molecule has 0 N–H and O–H groups in total. The fraction of sp³-hybridized carbons (Fsp3) is 0.0769. The molecule has 0 radical (unpaired) electrons. The predicted molar refractivity (Wildman–Crippen MR) is 75.5 cm³/mol. The van der Waals surface area contributed by atoms with Crippen LogP contribution in [-0.2, 0) is 6.61 Å². The number of nitro benzene ring substituents is 2. The molecule has 2 rings (SSSR count). The monoisotopic (exact) mass is 308 g/mol. The summed E-state index contributed by atoms with van der Waals surface area (Å²) in [6.45, 7) is -0.153. The molecule has 2 aromatic carbocycles. The number of nitrogens with zero attached hydrogens (tertiary/aromatic N) is 2. The van der Waals surface area contributed by atoms with Gasteiger partial charge in [-0.15, -0.1) is 0 Å². The van der Waals surface area contributed by atoms with Gasteiger partial charge in [0, 0.05) is 17.2 Å². The summed E-state index contributed by atoms with van der Waals surface area (Å²) in [7, 11) is 0. The molecule has 0 saturated carbocycles. The van der Waals surface area contributed by atoms with Crippen LogP contribution in [0.3, 0.4) is 0 Å². The highest BCUT2D eigenvalue weighted by Crippen LogP contribution is 2.31. The van der Waals surface area contributed by atoms with Crippen LogP contribution in [0.1, 0.15) is 5.56 Å². The highest BCUT2D eigenvalue weighted by Gasteiger charge is 2.18. The summed E-state index contributed by atoms with van der Waals surface area (Å²) in [5.41, 5.74) is -0.0676. The summed E-state index contributed by atoms with van der Waals surface area (Å²) in [5, 5.41) is 22.0. The van der Waals surface area contributed by atoms with Crippen LogP contribution in [0.15, 0.2) is 42.5 Å². The van der Waals surface area contributed by atoms with E-state index in [1.807, 2.05) is 0 Å². The second kappa shape index (κ2) is 6.19. The molecule has 7 nitrogen and oxygen atoms in total. The summed E-state index contributed by atoms with van der Waals surface area (Å²) in [5.74, 6) is 0.00236. The van der Waals surface area contributed by atoms with Gasteiger partial charge in [0.15, 0.2) is 5.75 Å². The minimum Gasteiger partial charge on any atom is -0.482 e. The number of ether oxygens (including phenoxy) is 1. The van der Waals surface area contributed by atoms with E-state index in [1.54, 1.807) is 6.07 Å². The maximum Gasteiger partial charge on any atom is 0.312 e. The van der Waals surface area contributed by atoms with Crippen LogP contribution >= 0.6 is 11.6 Å². The van der Waals surface area contributed by atoms with Crippen LogP contribution in [0.25, 0.3) is 0 Å². The fourth-order valence-electron chi connectivity index (χ4n) is 1.72. The maximum absolute atomic E-state index is 10.9. The van der Waals surface area contributed by atoms with Crippen molar-refractivity contribution in [3.05, 3.63) is 73.3 Å². The molecule has 0 bridgehead atoms. The van der Waals surface area contributed by atoms with Crippen molar-refractivity contribution in [2.24, 2.45) is 0 Å². The number of rotatable bonds is 5. The molecule has 0 fully saturated rings. The molecule has 0 spiro atoms. The van der Waals surface area contributed by atoms with Crippen LogP contribution in [0.4, 0.5) is 11.4 Å². The van der Waals surface area contributed by atoms with Crippen molar-refractivity contribution in [2.75, 3.05) is 0 Å². The lowest BCUT2D eigenvalue weighted by Gasteiger charge is -2.07. The van der Waals surface area contributed by atoms with E-state index in [-0.39, 0.29) is 28.8 Å². The second-order valence-corrected chi connectivity index (χ2v) is 4.48. The van der Waals surface area contributed by atoms with E-state index in [0.717, 1.165) is 6.07 Å². The molecule has 21 heavy (non-hydrogen) atoms. The molecule has 0 amide bonds. The van der Waals surface area contributed by atoms with Gasteiger partial charge in [-0.25, -0.2) is 0 Å². The van der Waals surface area contributed by atoms with Gasteiger partial charge in [-0.2, -0.15) is 0 Å². The molecule has 2 aromatic rings. The molecule has 108 valence electrons. The zero-order valence-electron chi connectivity index (χ0n) is 10.6. The zero-order chi connectivity index (χ0) is 15.4. The Hall–Kier alpha value is -2.67. The molecule has 0 aromatic heterocycles. The molecule has 0 aliphatic rings. The van der Waals surface area contributed by atoms with E-state index >= 15 is 0 Å². The molecule has 0 heterocycles. The topological polar surface area (TPSA) is 95.5 Å². The Morgan fingerprint density at radius 3 is 2.33 bits per heavy atom. The van der Waals surface area contributed by atoms with Crippen molar-refractivity contribution >= 4 is 23.0 Å². The van der Waals surface area contributed by atoms with Gasteiger partial charge in [0.05, 0.1) is 15.4 Å². The van der Waals surface area contributed by atoms with Crippen LogP contribution in [0.5, 0.6) is 5.75 Å². The quantitative estimate of drug-likeness (QED) is 0.619. The first-order valence-electron chi connectivity index (χ1n) is 5.78. The summed E-state index contributed by atoms with van der Waals surface area (Å²) in [6.07, 6.45) is 0. The highest BCUT2D eigenvalue weighted by atomic mass is 35.5. The van der Waals surface area contributed by atoms with Gasteiger partial charge >= 0.3 is 5.69 Å². The molecule has 0 saturated heterocycles. The summed E-state index contributed by atoms with van der Waals surface area (Å²) in [6, 6.07) is 10.00. The minimum absolute atomic E-state index is 0.00236. The average Bonchev–Trinajstić information content (AvgIpc) is 2.46. The number of halogens is 1. The lowest BCUT2D eigenvalue weighted by atomic mass is 10.2. The molecule has 0 aliphatic heterocycles. The first-order chi connectivity index (χ1) is 9.99. The van der Waals surface area contributed by atoms with Gasteiger partial charge in [-0.3, -0.25) is 20.2 Å². The van der Waals surface area contributed by atoms with Crippen molar-refractivity contribution in [2.45, 2.75) is 6.61 Å². The third kappa shape index (κ3) is 3.46. The third-order valence-electron chi connectivity index (χ3n) is 2.69. The van der Waals surface area contributed by atoms with Gasteiger partial charge in [-0.1, -0.05) is 23.7 Å². The maximum atomic E-state index is 10.9. The number of benzene rings is 2. The fourth-order valence-corrected chi connectivity index (χ4v) is 1.89. The highest BCUT2D eigenvalue weighted by molar-refractivity contribution is 6.30. The van der Waals surface area contributed by atoms with E-state index in [2.05, 4.69) is 0 Å². The Morgan fingerprint density at radius 2 is 1.67 bits per heavy atom. The van der Waals surface area contributed by atoms with Crippen LogP contribution in [-0.4, -0.2) is 9.85 Å². The Balaban J connectivity index is 2.25. The van der Waals surface area contributed by atoms with Crippen molar-refractivity contribution < 1.29 is 14.6 Å². The second-order valence-electron chi connectivity index (χ2n) is 4.04. The Morgan fingerprint density at radius 1 is 1.00 bits per heavy atom. The van der Waals surface area contributed by atoms with E-state index < -0.39 is 9.85 Å². The molecular weight excluding hydrogens is 300 g/mol. The lowest BCUT2D eigenvalue weighted by molar-refractivity contribution is -0.386. The zero-order valence-corrected chi connectivity index (χ0v) is 11.3. The van der Waals surface area contributed by atoms with Gasteiger partial charge in [0.1, 0.15) is 6.61 Å². The minimum atomic E-state index is -0.624. The molecular formula is C13H9ClN2O5. The number of hydrogen-bond donors (Lipinski definition) is 0. The van der Waals surface area contributed by atoms with Gasteiger partial charge in [0.25, 0.3) is 5.69 Å². The van der Waals surface area contributed by atoms with Crippen molar-refractivity contribution in [3.63, 3.8) is 0 Å². The normalized spacial score (nSPS) is 10.1. The van der Waals surface area contributed by atoms with E-state index in [4.69, 9.17) is 16.3 Å². The van der Waals surface area contributed by atoms with E-state index in [1.165, 1.54) is 30.3 Å². The van der Waals surface area contributed by atoms with Crippen LogP contribution < -0.4 is 4.74 Å². The Kier molecular flexibility index (Phi) is 4.34. The van der Waals surface area contributed by atoms with E-state index in [9.17, 15) is 20.2 Å². The predicted octanol–water partition coefficient (Wildman–Crippen LogP) is 3.74. The summed E-state index contributed by atoms with van der Waals surface area (Å²) in [4.78, 5) is 20.6. The smallest absolute Gasteiger partial charge is 0.312 e. The number of hydrogen-bond acceptors (Lipinski definition) is 5.